The summed E-state index contributed by atoms with van der Waals surface area (Å²) in [7, 11) is 0. The molecule has 2 heterocycles. The summed E-state index contributed by atoms with van der Waals surface area (Å²) in [5, 5.41) is 15.2. The molecule has 26 heavy (non-hydrogen) atoms. The highest BCUT2D eigenvalue weighted by Gasteiger charge is 2.42. The van der Waals surface area contributed by atoms with Gasteiger partial charge in [-0.25, -0.2) is 0 Å². The summed E-state index contributed by atoms with van der Waals surface area (Å²) in [6.45, 7) is 3.98. The lowest BCUT2D eigenvalue weighted by Crippen LogP contribution is -2.31. The number of aromatic nitrogens is 4. The molecule has 1 N–H and O–H groups in total. The second-order valence-corrected chi connectivity index (χ2v) is 6.48. The highest BCUT2D eigenvalue weighted by Crippen LogP contribution is 2.32. The highest BCUT2D eigenvalue weighted by molar-refractivity contribution is 7.80. The molecule has 3 aromatic rings. The fourth-order valence-electron chi connectivity index (χ4n) is 3.22. The molecule has 2 aromatic carbocycles. The Morgan fingerprint density at radius 2 is 1.73 bits per heavy atom. The van der Waals surface area contributed by atoms with Crippen LogP contribution in [0.2, 0.25) is 0 Å². The van der Waals surface area contributed by atoms with Gasteiger partial charge >= 0.3 is 0 Å². The van der Waals surface area contributed by atoms with E-state index in [1.807, 2.05) is 62.4 Å². The number of carbonyl (C=O) groups excluding carboxylic acids is 1. The molecule has 1 aromatic heterocycles. The molecule has 0 saturated carbocycles. The molecule has 4 rings (SSSR count). The molecule has 1 atom stereocenters. The Morgan fingerprint density at radius 1 is 1.04 bits per heavy atom. The van der Waals surface area contributed by atoms with E-state index in [-0.39, 0.29) is 5.91 Å². The van der Waals surface area contributed by atoms with E-state index in [1.165, 1.54) is 0 Å². The van der Waals surface area contributed by atoms with Gasteiger partial charge in [-0.2, -0.15) is 4.68 Å². The van der Waals surface area contributed by atoms with Crippen molar-refractivity contribution in [3.63, 3.8) is 0 Å². The van der Waals surface area contributed by atoms with Crippen molar-refractivity contribution in [2.45, 2.75) is 19.9 Å². The largest absolute Gasteiger partial charge is 0.300 e. The van der Waals surface area contributed by atoms with Crippen molar-refractivity contribution >= 4 is 28.9 Å². The van der Waals surface area contributed by atoms with Crippen LogP contribution in [0.5, 0.6) is 0 Å². The SMILES string of the molecule is Cc1cccc(C)c1-n1nnnc1C1C(=O)NC(=S)N1c1ccccc1. The third kappa shape index (κ3) is 2.55. The number of nitrogens with one attached hydrogen (secondary N) is 1. The first-order valence-corrected chi connectivity index (χ1v) is 8.52. The standard InChI is InChI=1S/C18H16N6OS/c1-11-7-6-8-12(2)14(11)24-16(20-21-22-24)15-17(25)19-18(26)23(15)13-9-4-3-5-10-13/h3-10,15H,1-2H3,(H,19,25,26). The van der Waals surface area contributed by atoms with E-state index in [0.717, 1.165) is 22.5 Å². The number of tetrazole rings is 1. The first kappa shape index (κ1) is 16.3. The molecular formula is C18H16N6OS. The van der Waals surface area contributed by atoms with E-state index in [0.29, 0.717) is 10.9 Å². The zero-order chi connectivity index (χ0) is 18.3. The molecule has 130 valence electrons. The van der Waals surface area contributed by atoms with Gasteiger partial charge in [0.1, 0.15) is 0 Å². The van der Waals surface area contributed by atoms with Gasteiger partial charge in [-0.1, -0.05) is 36.4 Å². The van der Waals surface area contributed by atoms with Gasteiger partial charge < -0.3 is 5.32 Å². The third-order valence-corrected chi connectivity index (χ3v) is 4.68. The second-order valence-electron chi connectivity index (χ2n) is 6.09. The number of para-hydroxylation sites is 2. The maximum Gasteiger partial charge on any atom is 0.257 e. The van der Waals surface area contributed by atoms with E-state index < -0.39 is 6.04 Å². The average Bonchev–Trinajstić information content (AvgIpc) is 3.19. The molecule has 1 saturated heterocycles. The van der Waals surface area contributed by atoms with Gasteiger partial charge in [0.15, 0.2) is 17.0 Å². The van der Waals surface area contributed by atoms with Crippen molar-refractivity contribution in [3.8, 4) is 5.69 Å². The van der Waals surface area contributed by atoms with Crippen LogP contribution in [-0.4, -0.2) is 31.2 Å². The predicted octanol–water partition coefficient (Wildman–Crippen LogP) is 2.24. The number of carbonyl (C=O) groups is 1. The van der Waals surface area contributed by atoms with Crippen LogP contribution in [0.1, 0.15) is 23.0 Å². The summed E-state index contributed by atoms with van der Waals surface area (Å²) >= 11 is 5.38. The van der Waals surface area contributed by atoms with Gasteiger partial charge in [-0.15, -0.1) is 5.10 Å². The molecule has 0 spiro atoms. The zero-order valence-electron chi connectivity index (χ0n) is 14.2. The summed E-state index contributed by atoms with van der Waals surface area (Å²) in [4.78, 5) is 14.4. The lowest BCUT2D eigenvalue weighted by molar-refractivity contribution is -0.120. The lowest BCUT2D eigenvalue weighted by Gasteiger charge is -2.23. The topological polar surface area (TPSA) is 75.9 Å². The monoisotopic (exact) mass is 364 g/mol. The van der Waals surface area contributed by atoms with Crippen LogP contribution in [0.3, 0.4) is 0 Å². The summed E-state index contributed by atoms with van der Waals surface area (Å²) in [6, 6.07) is 14.7. The van der Waals surface area contributed by atoms with Gasteiger partial charge in [-0.05, 0) is 59.8 Å². The number of anilines is 1. The summed E-state index contributed by atoms with van der Waals surface area (Å²) in [5.74, 6) is 0.171. The Hall–Kier alpha value is -3.13. The normalized spacial score (nSPS) is 16.8. The van der Waals surface area contributed by atoms with Crippen LogP contribution in [0.4, 0.5) is 5.69 Å². The summed E-state index contributed by atoms with van der Waals surface area (Å²) in [6.07, 6.45) is 0. The molecule has 0 bridgehead atoms. The van der Waals surface area contributed by atoms with Crippen molar-refractivity contribution in [2.24, 2.45) is 0 Å². The Morgan fingerprint density at radius 3 is 2.42 bits per heavy atom. The smallest absolute Gasteiger partial charge is 0.257 e. The number of thiocarbonyl (C=S) groups is 1. The van der Waals surface area contributed by atoms with E-state index in [2.05, 4.69) is 20.8 Å². The maximum atomic E-state index is 12.7. The molecule has 0 aliphatic carbocycles. The van der Waals surface area contributed by atoms with Crippen molar-refractivity contribution in [1.82, 2.24) is 25.5 Å². The minimum absolute atomic E-state index is 0.249. The van der Waals surface area contributed by atoms with Crippen molar-refractivity contribution in [1.29, 1.82) is 0 Å². The van der Waals surface area contributed by atoms with Gasteiger partial charge in [0.25, 0.3) is 5.91 Å². The molecule has 8 heteroatoms. The summed E-state index contributed by atoms with van der Waals surface area (Å²) < 4.78 is 1.62. The second kappa shape index (κ2) is 6.30. The maximum absolute atomic E-state index is 12.7. The van der Waals surface area contributed by atoms with Crippen LogP contribution in [-0.2, 0) is 4.79 Å². The van der Waals surface area contributed by atoms with Crippen molar-refractivity contribution < 1.29 is 4.79 Å². The van der Waals surface area contributed by atoms with Crippen LogP contribution in [0.15, 0.2) is 48.5 Å². The molecule has 1 unspecified atom stereocenters. The van der Waals surface area contributed by atoms with Crippen LogP contribution >= 0.6 is 12.2 Å². The Bertz CT molecular complexity index is 980. The van der Waals surface area contributed by atoms with Crippen LogP contribution < -0.4 is 10.2 Å². The fourth-order valence-corrected chi connectivity index (χ4v) is 3.53. The first-order chi connectivity index (χ1) is 12.6. The lowest BCUT2D eigenvalue weighted by atomic mass is 10.1. The number of hydrogen-bond acceptors (Lipinski definition) is 5. The Labute approximate surface area is 155 Å². The highest BCUT2D eigenvalue weighted by atomic mass is 32.1. The number of nitrogens with zero attached hydrogens (tertiary/aromatic N) is 5. The van der Waals surface area contributed by atoms with Crippen LogP contribution in [0.25, 0.3) is 5.69 Å². The van der Waals surface area contributed by atoms with E-state index in [9.17, 15) is 4.79 Å². The average molecular weight is 364 g/mol. The Balaban J connectivity index is 1.87. The molecule has 1 aliphatic heterocycles. The van der Waals surface area contributed by atoms with Gasteiger partial charge in [0.05, 0.1) is 5.69 Å². The predicted molar refractivity (Wildman–Crippen MR) is 101 cm³/mol. The van der Waals surface area contributed by atoms with Gasteiger partial charge in [-0.3, -0.25) is 9.69 Å². The third-order valence-electron chi connectivity index (χ3n) is 4.38. The number of hydrogen-bond donors (Lipinski definition) is 1. The Kier molecular flexibility index (Phi) is 3.96. The number of benzene rings is 2. The number of rotatable bonds is 3. The van der Waals surface area contributed by atoms with Gasteiger partial charge in [0, 0.05) is 5.69 Å². The summed E-state index contributed by atoms with van der Waals surface area (Å²) in [5.41, 5.74) is 3.71. The number of aryl methyl sites for hydroxylation is 2. The first-order valence-electron chi connectivity index (χ1n) is 8.12. The molecule has 1 aliphatic rings. The van der Waals surface area contributed by atoms with Gasteiger partial charge in [0.2, 0.25) is 0 Å². The molecule has 1 fully saturated rings. The molecule has 0 radical (unpaired) electrons. The minimum atomic E-state index is -0.737. The number of amides is 1. The quantitative estimate of drug-likeness (QED) is 0.719. The van der Waals surface area contributed by atoms with Crippen molar-refractivity contribution in [2.75, 3.05) is 4.90 Å². The van der Waals surface area contributed by atoms with E-state index in [1.54, 1.807) is 9.58 Å². The molecule has 7 nitrogen and oxygen atoms in total. The molecule has 1 amide bonds. The molecular weight excluding hydrogens is 348 g/mol. The van der Waals surface area contributed by atoms with Crippen LogP contribution in [0, 0.1) is 13.8 Å². The van der Waals surface area contributed by atoms with Crippen molar-refractivity contribution in [3.05, 3.63) is 65.5 Å². The fraction of sp³-hybridized carbons (Fsp3) is 0.167. The zero-order valence-corrected chi connectivity index (χ0v) is 15.1. The minimum Gasteiger partial charge on any atom is -0.300 e. The van der Waals surface area contributed by atoms with E-state index >= 15 is 0 Å². The van der Waals surface area contributed by atoms with E-state index in [4.69, 9.17) is 12.2 Å².